The van der Waals surface area contributed by atoms with Gasteiger partial charge in [0.2, 0.25) is 5.91 Å². The van der Waals surface area contributed by atoms with E-state index in [4.69, 9.17) is 5.11 Å². The molecule has 20 heavy (non-hydrogen) atoms. The summed E-state index contributed by atoms with van der Waals surface area (Å²) in [5, 5.41) is 11.9. The van der Waals surface area contributed by atoms with Crippen LogP contribution in [0.4, 0.5) is 0 Å². The van der Waals surface area contributed by atoms with E-state index in [0.29, 0.717) is 12.5 Å². The average Bonchev–Trinajstić information content (AvgIpc) is 2.44. The van der Waals surface area contributed by atoms with Gasteiger partial charge in [0.05, 0.1) is 0 Å². The van der Waals surface area contributed by atoms with Crippen LogP contribution in [0, 0.1) is 11.8 Å². The number of nitrogens with one attached hydrogen (secondary N) is 1. The molecule has 118 valence electrons. The van der Waals surface area contributed by atoms with Crippen LogP contribution < -0.4 is 5.32 Å². The molecule has 0 aromatic rings. The lowest BCUT2D eigenvalue weighted by atomic mass is 9.94. The lowest BCUT2D eigenvalue weighted by Gasteiger charge is -2.32. The molecule has 1 fully saturated rings. The number of amides is 1. The van der Waals surface area contributed by atoms with Crippen molar-refractivity contribution < 1.29 is 9.90 Å². The van der Waals surface area contributed by atoms with Crippen molar-refractivity contribution in [2.75, 3.05) is 26.2 Å². The van der Waals surface area contributed by atoms with Crippen LogP contribution in [0.1, 0.15) is 52.9 Å². The average molecular weight is 284 g/mol. The summed E-state index contributed by atoms with van der Waals surface area (Å²) in [6.45, 7) is 9.84. The Kier molecular flexibility index (Phi) is 8.15. The highest BCUT2D eigenvalue weighted by Gasteiger charge is 2.25. The van der Waals surface area contributed by atoms with Crippen molar-refractivity contribution in [2.45, 2.75) is 58.9 Å². The van der Waals surface area contributed by atoms with Crippen molar-refractivity contribution in [3.05, 3.63) is 0 Å². The topological polar surface area (TPSA) is 52.6 Å². The zero-order chi connectivity index (χ0) is 15.0. The second-order valence-corrected chi connectivity index (χ2v) is 6.44. The standard InChI is InChI=1S/C16H32N2O2/c1-13(2)14(3)17-16(20)15-7-10-18(11-8-15)9-5-4-6-12-19/h13-15,19H,4-12H2,1-3H3,(H,17,20). The van der Waals surface area contributed by atoms with Gasteiger partial charge in [-0.3, -0.25) is 4.79 Å². The molecule has 0 saturated carbocycles. The summed E-state index contributed by atoms with van der Waals surface area (Å²) >= 11 is 0. The second-order valence-electron chi connectivity index (χ2n) is 6.44. The monoisotopic (exact) mass is 284 g/mol. The summed E-state index contributed by atoms with van der Waals surface area (Å²) in [6, 6.07) is 0.263. The Balaban J connectivity index is 2.19. The maximum Gasteiger partial charge on any atom is 0.223 e. The van der Waals surface area contributed by atoms with Gasteiger partial charge in [-0.05, 0) is 64.6 Å². The molecule has 4 heteroatoms. The van der Waals surface area contributed by atoms with E-state index in [0.717, 1.165) is 51.7 Å². The predicted molar refractivity (Wildman–Crippen MR) is 82.5 cm³/mol. The smallest absolute Gasteiger partial charge is 0.223 e. The summed E-state index contributed by atoms with van der Waals surface area (Å²) in [7, 11) is 0. The number of carbonyl (C=O) groups is 1. The van der Waals surface area contributed by atoms with Crippen molar-refractivity contribution in [2.24, 2.45) is 11.8 Å². The highest BCUT2D eigenvalue weighted by Crippen LogP contribution is 2.18. The Morgan fingerprint density at radius 2 is 1.85 bits per heavy atom. The minimum absolute atomic E-state index is 0.199. The molecule has 0 radical (unpaired) electrons. The molecule has 1 rings (SSSR count). The molecule has 0 spiro atoms. The number of carbonyl (C=O) groups excluding carboxylic acids is 1. The number of hydrogen-bond donors (Lipinski definition) is 2. The molecule has 2 N–H and O–H groups in total. The lowest BCUT2D eigenvalue weighted by molar-refractivity contribution is -0.127. The summed E-state index contributed by atoms with van der Waals surface area (Å²) < 4.78 is 0. The third-order valence-corrected chi connectivity index (χ3v) is 4.46. The first-order valence-corrected chi connectivity index (χ1v) is 8.18. The molecule has 0 aromatic heterocycles. The summed E-state index contributed by atoms with van der Waals surface area (Å²) in [4.78, 5) is 14.6. The number of aliphatic hydroxyl groups excluding tert-OH is 1. The van der Waals surface area contributed by atoms with E-state index in [1.165, 1.54) is 0 Å². The van der Waals surface area contributed by atoms with Gasteiger partial charge >= 0.3 is 0 Å². The molecule has 1 saturated heterocycles. The van der Waals surface area contributed by atoms with Gasteiger partial charge in [-0.2, -0.15) is 0 Å². The van der Waals surface area contributed by atoms with E-state index in [9.17, 15) is 4.79 Å². The summed E-state index contributed by atoms with van der Waals surface area (Å²) in [5.74, 6) is 0.932. The molecule has 4 nitrogen and oxygen atoms in total. The minimum Gasteiger partial charge on any atom is -0.396 e. The first kappa shape index (κ1) is 17.4. The Morgan fingerprint density at radius 3 is 2.40 bits per heavy atom. The molecule has 1 aliphatic heterocycles. The maximum atomic E-state index is 12.2. The van der Waals surface area contributed by atoms with Gasteiger partial charge in [0.1, 0.15) is 0 Å². The van der Waals surface area contributed by atoms with Gasteiger partial charge in [-0.15, -0.1) is 0 Å². The van der Waals surface area contributed by atoms with Crippen LogP contribution in [0.3, 0.4) is 0 Å². The van der Waals surface area contributed by atoms with Crippen LogP contribution in [0.15, 0.2) is 0 Å². The molecule has 1 aliphatic rings. The Morgan fingerprint density at radius 1 is 1.20 bits per heavy atom. The van der Waals surface area contributed by atoms with Crippen molar-refractivity contribution in [1.29, 1.82) is 0 Å². The molecule has 1 atom stereocenters. The van der Waals surface area contributed by atoms with Crippen molar-refractivity contribution in [3.63, 3.8) is 0 Å². The van der Waals surface area contributed by atoms with Gasteiger partial charge in [0, 0.05) is 18.6 Å². The van der Waals surface area contributed by atoms with Crippen molar-refractivity contribution >= 4 is 5.91 Å². The summed E-state index contributed by atoms with van der Waals surface area (Å²) in [6.07, 6.45) is 5.13. The Hall–Kier alpha value is -0.610. The van der Waals surface area contributed by atoms with Crippen LogP contribution in [0.25, 0.3) is 0 Å². The number of likely N-dealkylation sites (tertiary alicyclic amines) is 1. The second kappa shape index (κ2) is 9.35. The van der Waals surface area contributed by atoms with Crippen LogP contribution >= 0.6 is 0 Å². The highest BCUT2D eigenvalue weighted by atomic mass is 16.2. The number of nitrogens with zero attached hydrogens (tertiary/aromatic N) is 1. The molecule has 1 heterocycles. The largest absolute Gasteiger partial charge is 0.396 e. The fourth-order valence-electron chi connectivity index (χ4n) is 2.55. The quantitative estimate of drug-likeness (QED) is 0.671. The zero-order valence-corrected chi connectivity index (χ0v) is 13.4. The number of hydrogen-bond acceptors (Lipinski definition) is 3. The van der Waals surface area contributed by atoms with Gasteiger partial charge < -0.3 is 15.3 Å². The molecule has 0 aliphatic carbocycles. The fourth-order valence-corrected chi connectivity index (χ4v) is 2.55. The highest BCUT2D eigenvalue weighted by molar-refractivity contribution is 5.79. The zero-order valence-electron chi connectivity index (χ0n) is 13.4. The van der Waals surface area contributed by atoms with Gasteiger partial charge in [-0.25, -0.2) is 0 Å². The first-order valence-electron chi connectivity index (χ1n) is 8.18. The van der Waals surface area contributed by atoms with Gasteiger partial charge in [-0.1, -0.05) is 13.8 Å². The summed E-state index contributed by atoms with van der Waals surface area (Å²) in [5.41, 5.74) is 0. The van der Waals surface area contributed by atoms with Crippen LogP contribution in [0.5, 0.6) is 0 Å². The molecule has 0 aromatic carbocycles. The molecule has 0 bridgehead atoms. The first-order chi connectivity index (χ1) is 9.54. The Labute approximate surface area is 123 Å². The Bertz CT molecular complexity index is 274. The predicted octanol–water partition coefficient (Wildman–Crippen LogP) is 2.02. The van der Waals surface area contributed by atoms with E-state index in [1.807, 2.05) is 0 Å². The molecule has 1 amide bonds. The minimum atomic E-state index is 0.199. The number of aliphatic hydroxyl groups is 1. The van der Waals surface area contributed by atoms with E-state index >= 15 is 0 Å². The third-order valence-electron chi connectivity index (χ3n) is 4.46. The molecule has 1 unspecified atom stereocenters. The van der Waals surface area contributed by atoms with Crippen LogP contribution in [-0.2, 0) is 4.79 Å². The van der Waals surface area contributed by atoms with Crippen LogP contribution in [0.2, 0.25) is 0 Å². The number of rotatable bonds is 8. The molecular weight excluding hydrogens is 252 g/mol. The van der Waals surface area contributed by atoms with Gasteiger partial charge in [0.25, 0.3) is 0 Å². The van der Waals surface area contributed by atoms with Gasteiger partial charge in [0.15, 0.2) is 0 Å². The maximum absolute atomic E-state index is 12.2. The van der Waals surface area contributed by atoms with Crippen molar-refractivity contribution in [3.8, 4) is 0 Å². The lowest BCUT2D eigenvalue weighted by Crippen LogP contribution is -2.44. The third kappa shape index (κ3) is 6.23. The number of unbranched alkanes of at least 4 members (excludes halogenated alkanes) is 2. The molecular formula is C16H32N2O2. The van der Waals surface area contributed by atoms with E-state index in [-0.39, 0.29) is 17.9 Å². The normalized spacial score (nSPS) is 19.2. The van der Waals surface area contributed by atoms with E-state index in [2.05, 4.69) is 31.0 Å². The van der Waals surface area contributed by atoms with E-state index in [1.54, 1.807) is 0 Å². The number of piperidine rings is 1. The fraction of sp³-hybridized carbons (Fsp3) is 0.938. The van der Waals surface area contributed by atoms with Crippen molar-refractivity contribution in [1.82, 2.24) is 10.2 Å². The SMILES string of the molecule is CC(C)C(C)NC(=O)C1CCN(CCCCCO)CC1. The van der Waals surface area contributed by atoms with Crippen LogP contribution in [-0.4, -0.2) is 48.2 Å². The van der Waals surface area contributed by atoms with E-state index < -0.39 is 0 Å².